The molecule has 2 aromatic rings. The molecule has 0 saturated heterocycles. The standard InChI is InChI=1S/C18H25FN6OS.HI/c1-24(2)17(26)13-22-18(20-9-11-27-3)21-12-15-8-10-25(23-15)16-6-4-14(19)5-7-16;/h4-8,10H,9,11-13H2,1-3H3,(H2,20,21,22);1H. The molecule has 2 N–H and O–H groups in total. The zero-order valence-corrected chi connectivity index (χ0v) is 19.3. The summed E-state index contributed by atoms with van der Waals surface area (Å²) in [5, 5.41) is 10.7. The van der Waals surface area contributed by atoms with Crippen LogP contribution in [0.2, 0.25) is 0 Å². The molecule has 154 valence electrons. The van der Waals surface area contributed by atoms with Gasteiger partial charge in [0.05, 0.1) is 24.5 Å². The molecule has 1 heterocycles. The van der Waals surface area contributed by atoms with Crippen LogP contribution in [0, 0.1) is 5.82 Å². The quantitative estimate of drug-likeness (QED) is 0.242. The van der Waals surface area contributed by atoms with Crippen LogP contribution < -0.4 is 10.6 Å². The fraction of sp³-hybridized carbons (Fsp3) is 0.389. The van der Waals surface area contributed by atoms with Crippen LogP contribution in [0.15, 0.2) is 41.5 Å². The number of rotatable bonds is 8. The molecular formula is C18H26FIN6OS. The molecule has 1 aromatic carbocycles. The average Bonchev–Trinajstić information content (AvgIpc) is 3.12. The highest BCUT2D eigenvalue weighted by Crippen LogP contribution is 2.09. The van der Waals surface area contributed by atoms with E-state index in [4.69, 9.17) is 0 Å². The van der Waals surface area contributed by atoms with E-state index in [0.29, 0.717) is 12.5 Å². The van der Waals surface area contributed by atoms with Crippen molar-refractivity contribution in [1.82, 2.24) is 25.3 Å². The van der Waals surface area contributed by atoms with Gasteiger partial charge in [0.25, 0.3) is 0 Å². The van der Waals surface area contributed by atoms with Gasteiger partial charge in [-0.3, -0.25) is 4.79 Å². The third-order valence-electron chi connectivity index (χ3n) is 3.64. The third kappa shape index (κ3) is 8.05. The molecule has 1 amide bonds. The van der Waals surface area contributed by atoms with Crippen LogP contribution >= 0.6 is 35.7 Å². The Kier molecular flexibility index (Phi) is 10.9. The number of aromatic nitrogens is 2. The normalized spacial score (nSPS) is 10.9. The van der Waals surface area contributed by atoms with Crippen molar-refractivity contribution in [3.8, 4) is 5.69 Å². The maximum Gasteiger partial charge on any atom is 0.241 e. The van der Waals surface area contributed by atoms with E-state index in [2.05, 4.69) is 20.7 Å². The van der Waals surface area contributed by atoms with Crippen LogP contribution in [0.3, 0.4) is 0 Å². The number of aliphatic imine (C=N–C) groups is 1. The van der Waals surface area contributed by atoms with Gasteiger partial charge < -0.3 is 15.5 Å². The molecule has 10 heteroatoms. The van der Waals surface area contributed by atoms with Gasteiger partial charge in [0.15, 0.2) is 5.96 Å². The molecule has 0 saturated carbocycles. The number of hydrogen-bond donors (Lipinski definition) is 2. The number of nitrogens with one attached hydrogen (secondary N) is 2. The number of amides is 1. The number of guanidine groups is 1. The lowest BCUT2D eigenvalue weighted by Crippen LogP contribution is -2.43. The predicted octanol–water partition coefficient (Wildman–Crippen LogP) is 2.12. The Labute approximate surface area is 186 Å². The molecular weight excluding hydrogens is 494 g/mol. The SMILES string of the molecule is CSCCNC(=NCc1ccn(-c2ccc(F)cc2)n1)NCC(=O)N(C)C.I. The second kappa shape index (κ2) is 12.6. The molecule has 0 bridgehead atoms. The lowest BCUT2D eigenvalue weighted by atomic mass is 10.3. The summed E-state index contributed by atoms with van der Waals surface area (Å²) in [5.74, 6) is 1.18. The molecule has 0 spiro atoms. The van der Waals surface area contributed by atoms with Gasteiger partial charge >= 0.3 is 0 Å². The summed E-state index contributed by atoms with van der Waals surface area (Å²) < 4.78 is 14.7. The minimum absolute atomic E-state index is 0. The fourth-order valence-corrected chi connectivity index (χ4v) is 2.41. The first-order valence-electron chi connectivity index (χ1n) is 8.51. The zero-order chi connectivity index (χ0) is 19.6. The van der Waals surface area contributed by atoms with E-state index in [0.717, 1.165) is 23.7 Å². The maximum atomic E-state index is 13.0. The molecule has 28 heavy (non-hydrogen) atoms. The second-order valence-corrected chi connectivity index (χ2v) is 6.94. The number of thioether (sulfide) groups is 1. The van der Waals surface area contributed by atoms with E-state index >= 15 is 0 Å². The monoisotopic (exact) mass is 520 g/mol. The molecule has 0 aliphatic heterocycles. The van der Waals surface area contributed by atoms with Crippen molar-refractivity contribution < 1.29 is 9.18 Å². The minimum Gasteiger partial charge on any atom is -0.356 e. The van der Waals surface area contributed by atoms with Gasteiger partial charge in [-0.25, -0.2) is 14.1 Å². The molecule has 0 unspecified atom stereocenters. The van der Waals surface area contributed by atoms with Crippen LogP contribution in [0.1, 0.15) is 5.69 Å². The van der Waals surface area contributed by atoms with Crippen molar-refractivity contribution in [1.29, 1.82) is 0 Å². The van der Waals surface area contributed by atoms with Gasteiger partial charge in [0.1, 0.15) is 5.82 Å². The van der Waals surface area contributed by atoms with Crippen molar-refractivity contribution in [3.05, 3.63) is 48.0 Å². The highest BCUT2D eigenvalue weighted by atomic mass is 127. The molecule has 0 fully saturated rings. The highest BCUT2D eigenvalue weighted by molar-refractivity contribution is 14.0. The number of benzene rings is 1. The summed E-state index contributed by atoms with van der Waals surface area (Å²) >= 11 is 1.73. The van der Waals surface area contributed by atoms with Crippen molar-refractivity contribution in [3.63, 3.8) is 0 Å². The number of nitrogens with zero attached hydrogens (tertiary/aromatic N) is 4. The number of carbonyl (C=O) groups is 1. The van der Waals surface area contributed by atoms with E-state index in [-0.39, 0.29) is 42.2 Å². The Balaban J connectivity index is 0.00000392. The summed E-state index contributed by atoms with van der Waals surface area (Å²) in [6, 6.07) is 7.98. The number of halogens is 2. The number of hydrogen-bond acceptors (Lipinski definition) is 4. The summed E-state index contributed by atoms with van der Waals surface area (Å²) in [6.45, 7) is 1.27. The van der Waals surface area contributed by atoms with Crippen LogP contribution in [-0.2, 0) is 11.3 Å². The number of carbonyl (C=O) groups excluding carboxylic acids is 1. The molecule has 1 aromatic heterocycles. The highest BCUT2D eigenvalue weighted by Gasteiger charge is 2.07. The van der Waals surface area contributed by atoms with Gasteiger partial charge in [-0.05, 0) is 36.6 Å². The lowest BCUT2D eigenvalue weighted by molar-refractivity contribution is -0.127. The Morgan fingerprint density at radius 1 is 1.25 bits per heavy atom. The van der Waals surface area contributed by atoms with E-state index in [1.54, 1.807) is 42.7 Å². The van der Waals surface area contributed by atoms with Gasteiger partial charge in [-0.1, -0.05) is 0 Å². The second-order valence-electron chi connectivity index (χ2n) is 5.95. The molecule has 2 rings (SSSR count). The van der Waals surface area contributed by atoms with Crippen LogP contribution in [0.5, 0.6) is 0 Å². The summed E-state index contributed by atoms with van der Waals surface area (Å²) in [6.07, 6.45) is 3.84. The van der Waals surface area contributed by atoms with E-state index < -0.39 is 0 Å². The van der Waals surface area contributed by atoms with Crippen molar-refractivity contribution >= 4 is 47.6 Å². The molecule has 0 atom stereocenters. The topological polar surface area (TPSA) is 74.5 Å². The smallest absolute Gasteiger partial charge is 0.241 e. The van der Waals surface area contributed by atoms with Crippen molar-refractivity contribution in [2.45, 2.75) is 6.54 Å². The van der Waals surface area contributed by atoms with E-state index in [1.165, 1.54) is 17.0 Å². The first kappa shape index (κ1) is 24.2. The molecule has 0 radical (unpaired) electrons. The Hall–Kier alpha value is -1.82. The first-order valence-corrected chi connectivity index (χ1v) is 9.90. The Morgan fingerprint density at radius 3 is 2.61 bits per heavy atom. The van der Waals surface area contributed by atoms with Gasteiger partial charge in [0.2, 0.25) is 5.91 Å². The molecule has 7 nitrogen and oxygen atoms in total. The van der Waals surface area contributed by atoms with Crippen molar-refractivity contribution in [2.24, 2.45) is 4.99 Å². The van der Waals surface area contributed by atoms with Crippen molar-refractivity contribution in [2.75, 3.05) is 39.2 Å². The maximum absolute atomic E-state index is 13.0. The van der Waals surface area contributed by atoms with Gasteiger partial charge in [-0.2, -0.15) is 16.9 Å². The van der Waals surface area contributed by atoms with Crippen LogP contribution in [-0.4, -0.2) is 65.7 Å². The largest absolute Gasteiger partial charge is 0.356 e. The molecule has 0 aliphatic rings. The summed E-state index contributed by atoms with van der Waals surface area (Å²) in [7, 11) is 3.42. The van der Waals surface area contributed by atoms with E-state index in [9.17, 15) is 9.18 Å². The average molecular weight is 520 g/mol. The fourth-order valence-electron chi connectivity index (χ4n) is 2.11. The Morgan fingerprint density at radius 2 is 1.96 bits per heavy atom. The summed E-state index contributed by atoms with van der Waals surface area (Å²) in [4.78, 5) is 17.8. The van der Waals surface area contributed by atoms with Gasteiger partial charge in [0, 0.05) is 32.6 Å². The molecule has 0 aliphatic carbocycles. The van der Waals surface area contributed by atoms with E-state index in [1.807, 2.05) is 18.5 Å². The predicted molar refractivity (Wildman–Crippen MR) is 123 cm³/mol. The first-order chi connectivity index (χ1) is 13.0. The zero-order valence-electron chi connectivity index (χ0n) is 16.2. The number of likely N-dealkylation sites (N-methyl/N-ethyl adjacent to an activating group) is 1. The van der Waals surface area contributed by atoms with Crippen LogP contribution in [0.4, 0.5) is 4.39 Å². The minimum atomic E-state index is -0.282. The third-order valence-corrected chi connectivity index (χ3v) is 4.25. The van der Waals surface area contributed by atoms with Crippen LogP contribution in [0.25, 0.3) is 5.69 Å². The van der Waals surface area contributed by atoms with Gasteiger partial charge in [-0.15, -0.1) is 24.0 Å². The summed E-state index contributed by atoms with van der Waals surface area (Å²) in [5.41, 5.74) is 1.55. The Bertz CT molecular complexity index is 766. The lowest BCUT2D eigenvalue weighted by Gasteiger charge is -2.14.